The summed E-state index contributed by atoms with van der Waals surface area (Å²) in [6, 6.07) is 3.83. The van der Waals surface area contributed by atoms with E-state index in [1.807, 2.05) is 32.2 Å². The van der Waals surface area contributed by atoms with E-state index in [0.29, 0.717) is 43.9 Å². The van der Waals surface area contributed by atoms with Gasteiger partial charge in [0, 0.05) is 39.2 Å². The third-order valence-corrected chi connectivity index (χ3v) is 3.92. The van der Waals surface area contributed by atoms with Crippen LogP contribution in [0.15, 0.2) is 18.3 Å². The molecule has 0 saturated carbocycles. The summed E-state index contributed by atoms with van der Waals surface area (Å²) >= 11 is 0. The van der Waals surface area contributed by atoms with Gasteiger partial charge in [-0.05, 0) is 31.9 Å². The second-order valence-electron chi connectivity index (χ2n) is 6.12. The smallest absolute Gasteiger partial charge is 0.270 e. The van der Waals surface area contributed by atoms with Crippen LogP contribution in [0.4, 0.5) is 0 Å². The first-order chi connectivity index (χ1) is 12.4. The van der Waals surface area contributed by atoms with Gasteiger partial charge >= 0.3 is 0 Å². The Morgan fingerprint density at radius 2 is 1.81 bits per heavy atom. The third kappa shape index (κ3) is 5.05. The van der Waals surface area contributed by atoms with Gasteiger partial charge in [-0.15, -0.1) is 0 Å². The fraction of sp³-hybridized carbons (Fsp3) is 0.444. The highest BCUT2D eigenvalue weighted by atomic mass is 16.2. The predicted octanol–water partition coefficient (Wildman–Crippen LogP) is 0.713. The van der Waals surface area contributed by atoms with Crippen LogP contribution in [0, 0.1) is 13.8 Å². The number of imidazole rings is 1. The zero-order chi connectivity index (χ0) is 19.1. The topological polar surface area (TPSA) is 105 Å². The Bertz CT molecular complexity index is 813. The molecule has 3 N–H and O–H groups in total. The maximum atomic E-state index is 12.5. The number of amides is 3. The molecular formula is C18H25N5O3. The lowest BCUT2D eigenvalue weighted by Gasteiger charge is -2.07. The molecule has 0 aliphatic rings. The van der Waals surface area contributed by atoms with Crippen LogP contribution in [0.1, 0.15) is 41.5 Å². The molecule has 2 rings (SSSR count). The fourth-order valence-corrected chi connectivity index (χ4v) is 2.65. The van der Waals surface area contributed by atoms with Crippen LogP contribution >= 0.6 is 0 Å². The van der Waals surface area contributed by atoms with Gasteiger partial charge < -0.3 is 16.0 Å². The third-order valence-electron chi connectivity index (χ3n) is 3.92. The summed E-state index contributed by atoms with van der Waals surface area (Å²) in [5.41, 5.74) is 2.97. The van der Waals surface area contributed by atoms with Crippen LogP contribution in [0.2, 0.25) is 0 Å². The number of aromatic nitrogens is 2. The fourth-order valence-electron chi connectivity index (χ4n) is 2.65. The number of nitrogens with one attached hydrogen (secondary N) is 3. The van der Waals surface area contributed by atoms with Crippen molar-refractivity contribution < 1.29 is 14.4 Å². The van der Waals surface area contributed by atoms with E-state index in [-0.39, 0.29) is 17.7 Å². The van der Waals surface area contributed by atoms with Gasteiger partial charge in [0.25, 0.3) is 5.91 Å². The van der Waals surface area contributed by atoms with Crippen molar-refractivity contribution in [2.24, 2.45) is 0 Å². The number of aryl methyl sites for hydroxylation is 2. The zero-order valence-corrected chi connectivity index (χ0v) is 15.4. The number of pyridine rings is 1. The maximum Gasteiger partial charge on any atom is 0.270 e. The van der Waals surface area contributed by atoms with Crippen molar-refractivity contribution in [2.45, 2.75) is 33.6 Å². The Balaban J connectivity index is 1.78. The van der Waals surface area contributed by atoms with Crippen LogP contribution < -0.4 is 16.0 Å². The van der Waals surface area contributed by atoms with Crippen molar-refractivity contribution >= 4 is 23.4 Å². The summed E-state index contributed by atoms with van der Waals surface area (Å²) in [4.78, 5) is 39.3. The summed E-state index contributed by atoms with van der Waals surface area (Å²) < 4.78 is 1.79. The number of nitrogens with zero attached hydrogens (tertiary/aromatic N) is 2. The van der Waals surface area contributed by atoms with Crippen molar-refractivity contribution in [2.75, 3.05) is 19.6 Å². The lowest BCUT2D eigenvalue weighted by Crippen LogP contribution is -2.34. The highest BCUT2D eigenvalue weighted by Crippen LogP contribution is 2.15. The van der Waals surface area contributed by atoms with Crippen molar-refractivity contribution in [1.82, 2.24) is 25.3 Å². The van der Waals surface area contributed by atoms with Gasteiger partial charge in [0.2, 0.25) is 11.8 Å². The SMILES string of the molecule is CC(=O)NCCNC(=O)CCCNC(=O)c1c(C)nc2c(C)cccn12. The maximum absolute atomic E-state index is 12.5. The molecule has 0 unspecified atom stereocenters. The number of fused-ring (bicyclic) bond motifs is 1. The Labute approximate surface area is 152 Å². The Hall–Kier alpha value is -2.90. The van der Waals surface area contributed by atoms with Crippen molar-refractivity contribution in [3.8, 4) is 0 Å². The van der Waals surface area contributed by atoms with Crippen LogP contribution in [0.3, 0.4) is 0 Å². The molecule has 0 radical (unpaired) electrons. The molecule has 0 saturated heterocycles. The first-order valence-electron chi connectivity index (χ1n) is 8.63. The van der Waals surface area contributed by atoms with Gasteiger partial charge in [-0.1, -0.05) is 6.07 Å². The van der Waals surface area contributed by atoms with Crippen LogP contribution in [0.25, 0.3) is 5.65 Å². The summed E-state index contributed by atoms with van der Waals surface area (Å²) in [6.07, 6.45) is 2.66. The van der Waals surface area contributed by atoms with Crippen molar-refractivity contribution in [3.63, 3.8) is 0 Å². The average molecular weight is 359 g/mol. The summed E-state index contributed by atoms with van der Waals surface area (Å²) in [7, 11) is 0. The Morgan fingerprint density at radius 3 is 2.54 bits per heavy atom. The Kier molecular flexibility index (Phi) is 6.71. The van der Waals surface area contributed by atoms with E-state index >= 15 is 0 Å². The monoisotopic (exact) mass is 359 g/mol. The van der Waals surface area contributed by atoms with Gasteiger partial charge in [0.15, 0.2) is 0 Å². The first-order valence-corrected chi connectivity index (χ1v) is 8.63. The van der Waals surface area contributed by atoms with Crippen LogP contribution in [-0.2, 0) is 9.59 Å². The lowest BCUT2D eigenvalue weighted by atomic mass is 10.2. The first kappa shape index (κ1) is 19.4. The quantitative estimate of drug-likeness (QED) is 0.604. The molecule has 0 fully saturated rings. The van der Waals surface area contributed by atoms with E-state index in [9.17, 15) is 14.4 Å². The molecular weight excluding hydrogens is 334 g/mol. The highest BCUT2D eigenvalue weighted by Gasteiger charge is 2.16. The molecule has 8 heteroatoms. The van der Waals surface area contributed by atoms with Gasteiger partial charge in [-0.25, -0.2) is 4.98 Å². The standard InChI is InChI=1S/C18H25N5O3/c1-12-6-5-11-23-16(13(2)22-17(12)23)18(26)21-8-4-7-15(25)20-10-9-19-14(3)24/h5-6,11H,4,7-10H2,1-3H3,(H,19,24)(H,20,25)(H,21,26). The van der Waals surface area contributed by atoms with Gasteiger partial charge in [-0.2, -0.15) is 0 Å². The van der Waals surface area contributed by atoms with E-state index < -0.39 is 0 Å². The second kappa shape index (κ2) is 8.98. The van der Waals surface area contributed by atoms with E-state index in [1.165, 1.54) is 6.92 Å². The van der Waals surface area contributed by atoms with Crippen LogP contribution in [-0.4, -0.2) is 46.7 Å². The zero-order valence-electron chi connectivity index (χ0n) is 15.4. The minimum absolute atomic E-state index is 0.105. The predicted molar refractivity (Wildman–Crippen MR) is 97.9 cm³/mol. The molecule has 0 aliphatic heterocycles. The van der Waals surface area contributed by atoms with Crippen molar-refractivity contribution in [3.05, 3.63) is 35.3 Å². The molecule has 0 aliphatic carbocycles. The summed E-state index contributed by atoms with van der Waals surface area (Å²) in [5, 5.41) is 8.15. The minimum Gasteiger partial charge on any atom is -0.355 e. The number of carbonyl (C=O) groups excluding carboxylic acids is 3. The molecule has 2 aromatic heterocycles. The molecule has 2 aromatic rings. The molecule has 3 amide bonds. The molecule has 26 heavy (non-hydrogen) atoms. The van der Waals surface area contributed by atoms with Crippen molar-refractivity contribution in [1.29, 1.82) is 0 Å². The second-order valence-corrected chi connectivity index (χ2v) is 6.12. The van der Waals surface area contributed by atoms with Gasteiger partial charge in [0.1, 0.15) is 11.3 Å². The molecule has 2 heterocycles. The molecule has 8 nitrogen and oxygen atoms in total. The van der Waals surface area contributed by atoms with E-state index in [0.717, 1.165) is 11.2 Å². The summed E-state index contributed by atoms with van der Waals surface area (Å²) in [5.74, 6) is -0.433. The number of rotatable bonds is 8. The number of carbonyl (C=O) groups is 3. The molecule has 140 valence electrons. The van der Waals surface area contributed by atoms with E-state index in [4.69, 9.17) is 0 Å². The lowest BCUT2D eigenvalue weighted by molar-refractivity contribution is -0.122. The van der Waals surface area contributed by atoms with E-state index in [1.54, 1.807) is 4.40 Å². The van der Waals surface area contributed by atoms with E-state index in [2.05, 4.69) is 20.9 Å². The Morgan fingerprint density at radius 1 is 1.08 bits per heavy atom. The summed E-state index contributed by atoms with van der Waals surface area (Å²) in [6.45, 7) is 6.39. The minimum atomic E-state index is -0.202. The molecule has 0 bridgehead atoms. The van der Waals surface area contributed by atoms with Gasteiger partial charge in [-0.3, -0.25) is 18.8 Å². The number of hydrogen-bond donors (Lipinski definition) is 3. The molecule has 0 atom stereocenters. The van der Waals surface area contributed by atoms with Crippen LogP contribution in [0.5, 0.6) is 0 Å². The molecule has 0 aromatic carbocycles. The van der Waals surface area contributed by atoms with Gasteiger partial charge in [0.05, 0.1) is 5.69 Å². The normalized spacial score (nSPS) is 10.6. The average Bonchev–Trinajstić information content (AvgIpc) is 2.93. The highest BCUT2D eigenvalue weighted by molar-refractivity contribution is 5.94. The number of hydrogen-bond acceptors (Lipinski definition) is 4. The molecule has 0 spiro atoms. The largest absolute Gasteiger partial charge is 0.355 e.